The summed E-state index contributed by atoms with van der Waals surface area (Å²) in [5.41, 5.74) is 0. The minimum absolute atomic E-state index is 0.00946. The van der Waals surface area contributed by atoms with Gasteiger partial charge in [0.2, 0.25) is 6.29 Å². The molecule has 1 unspecified atom stereocenters. The number of unbranched alkanes of at least 4 members (excludes halogenated alkanes) is 16. The molecule has 6 N–H and O–H groups in total. The molecule has 1 fully saturated rings. The van der Waals surface area contributed by atoms with Crippen molar-refractivity contribution in [1.29, 1.82) is 0 Å². The van der Waals surface area contributed by atoms with Gasteiger partial charge in [-0.25, -0.2) is 0 Å². The Bertz CT molecular complexity index is 1140. The van der Waals surface area contributed by atoms with Crippen LogP contribution in [0.2, 0.25) is 0 Å². The van der Waals surface area contributed by atoms with Gasteiger partial charge in [-0.1, -0.05) is 130 Å². The van der Waals surface area contributed by atoms with Gasteiger partial charge in [0.15, 0.2) is 24.6 Å². The Hall–Kier alpha value is -2.44. The number of rotatable bonds is 36. The summed E-state index contributed by atoms with van der Waals surface area (Å²) in [5.74, 6) is -2.69. The van der Waals surface area contributed by atoms with Crippen molar-refractivity contribution < 1.29 is 78.2 Å². The van der Waals surface area contributed by atoms with E-state index in [1.165, 1.54) is 0 Å². The summed E-state index contributed by atoms with van der Waals surface area (Å²) in [6.07, 6.45) is -2.35. The molecule has 1 heterocycles. The third kappa shape index (κ3) is 23.1. The molecular formula is C44H80O16. The lowest BCUT2D eigenvalue weighted by Gasteiger charge is -2.45. The molecule has 1 aliphatic heterocycles. The van der Waals surface area contributed by atoms with Gasteiger partial charge in [-0.2, -0.15) is 0 Å². The molecule has 60 heavy (non-hydrogen) atoms. The number of ether oxygens (including phenoxy) is 6. The molecule has 0 amide bonds. The molecular weight excluding hydrogens is 784 g/mol. The van der Waals surface area contributed by atoms with Crippen LogP contribution >= 0.6 is 0 Å². The Morgan fingerprint density at radius 1 is 0.483 bits per heavy atom. The number of hydrogen-bond acceptors (Lipinski definition) is 16. The van der Waals surface area contributed by atoms with Gasteiger partial charge < -0.3 is 59.1 Å². The molecule has 0 aromatic rings. The van der Waals surface area contributed by atoms with Crippen LogP contribution in [0.1, 0.15) is 182 Å². The maximum Gasteiger partial charge on any atom is 0.306 e. The van der Waals surface area contributed by atoms with Crippen molar-refractivity contribution in [3.8, 4) is 0 Å². The largest absolute Gasteiger partial charge is 0.463 e. The van der Waals surface area contributed by atoms with Gasteiger partial charge >= 0.3 is 23.9 Å². The van der Waals surface area contributed by atoms with E-state index in [1.807, 2.05) is 0 Å². The van der Waals surface area contributed by atoms with E-state index in [-0.39, 0.29) is 25.7 Å². The second-order valence-electron chi connectivity index (χ2n) is 16.0. The van der Waals surface area contributed by atoms with Crippen molar-refractivity contribution in [2.75, 3.05) is 13.2 Å². The van der Waals surface area contributed by atoms with Gasteiger partial charge in [-0.15, -0.1) is 0 Å². The highest BCUT2D eigenvalue weighted by atomic mass is 16.8. The normalized spacial score (nSPS) is 21.7. The molecule has 0 aliphatic carbocycles. The summed E-state index contributed by atoms with van der Waals surface area (Å²) in [5, 5.41) is 61.6. The van der Waals surface area contributed by atoms with E-state index in [0.29, 0.717) is 25.7 Å². The molecule has 16 nitrogen and oxygen atoms in total. The molecule has 352 valence electrons. The fraction of sp³-hybridized carbons (Fsp3) is 0.909. The van der Waals surface area contributed by atoms with E-state index in [9.17, 15) is 49.8 Å². The average molecular weight is 865 g/mol. The van der Waals surface area contributed by atoms with Crippen LogP contribution in [0.25, 0.3) is 0 Å². The maximum absolute atomic E-state index is 13.5. The zero-order valence-electron chi connectivity index (χ0n) is 36.9. The Morgan fingerprint density at radius 2 is 0.867 bits per heavy atom. The van der Waals surface area contributed by atoms with E-state index in [4.69, 9.17) is 28.4 Å². The summed E-state index contributed by atoms with van der Waals surface area (Å²) in [7, 11) is 0. The molecule has 10 atom stereocenters. The number of aliphatic hydroxyl groups excluding tert-OH is 6. The lowest BCUT2D eigenvalue weighted by Crippen LogP contribution is -2.64. The maximum atomic E-state index is 13.5. The van der Waals surface area contributed by atoms with Crippen molar-refractivity contribution in [1.82, 2.24) is 0 Å². The second kappa shape index (κ2) is 34.1. The van der Waals surface area contributed by atoms with Crippen LogP contribution in [0.15, 0.2) is 0 Å². The van der Waals surface area contributed by atoms with E-state index < -0.39 is 98.5 Å². The van der Waals surface area contributed by atoms with Gasteiger partial charge in [0.25, 0.3) is 0 Å². The molecule has 0 radical (unpaired) electrons. The third-order valence-electron chi connectivity index (χ3n) is 10.6. The number of hydrogen-bond donors (Lipinski definition) is 6. The van der Waals surface area contributed by atoms with Crippen molar-refractivity contribution >= 4 is 23.9 Å². The van der Waals surface area contributed by atoms with Crippen molar-refractivity contribution in [2.24, 2.45) is 0 Å². The lowest BCUT2D eigenvalue weighted by molar-refractivity contribution is -0.349. The Morgan fingerprint density at radius 3 is 1.28 bits per heavy atom. The van der Waals surface area contributed by atoms with Crippen LogP contribution in [0.5, 0.6) is 0 Å². The highest BCUT2D eigenvalue weighted by Crippen LogP contribution is 2.32. The van der Waals surface area contributed by atoms with Gasteiger partial charge in [0.1, 0.15) is 37.1 Å². The fourth-order valence-corrected chi connectivity index (χ4v) is 6.82. The predicted octanol–water partition coefficient (Wildman–Crippen LogP) is 5.20. The number of carbonyl (C=O) groups excluding carboxylic acids is 4. The van der Waals surface area contributed by atoms with Crippen molar-refractivity contribution in [3.05, 3.63) is 0 Å². The number of aliphatic hydroxyl groups is 6. The highest BCUT2D eigenvalue weighted by Gasteiger charge is 2.54. The van der Waals surface area contributed by atoms with Crippen LogP contribution < -0.4 is 0 Å². The van der Waals surface area contributed by atoms with Crippen LogP contribution in [0.3, 0.4) is 0 Å². The summed E-state index contributed by atoms with van der Waals surface area (Å²) < 4.78 is 35.3. The molecule has 0 bridgehead atoms. The van der Waals surface area contributed by atoms with Gasteiger partial charge in [0, 0.05) is 25.7 Å². The SMILES string of the molecule is CCCCCCCC(=O)OC[C@H]1O[C@@H](OC(O)[C@@H](O)[C@@H](O)[C@H](O)[C@H](O)CO)[C@@H](OC(=O)CCCCCCC)[C@@H](OC(=O)CCCCCCC)[C@@H]1OC(=O)CCCCCCC. The first kappa shape index (κ1) is 55.6. The van der Waals surface area contributed by atoms with Gasteiger partial charge in [0.05, 0.1) is 6.61 Å². The summed E-state index contributed by atoms with van der Waals surface area (Å²) in [6.45, 7) is 6.76. The predicted molar refractivity (Wildman–Crippen MR) is 221 cm³/mol. The minimum atomic E-state index is -2.40. The Kier molecular flexibility index (Phi) is 31.6. The first-order valence-corrected chi connectivity index (χ1v) is 22.9. The number of esters is 4. The molecule has 1 aliphatic rings. The van der Waals surface area contributed by atoms with E-state index in [1.54, 1.807) is 0 Å². The van der Waals surface area contributed by atoms with Crippen molar-refractivity contribution in [3.63, 3.8) is 0 Å². The second-order valence-corrected chi connectivity index (χ2v) is 16.0. The van der Waals surface area contributed by atoms with Crippen LogP contribution in [-0.4, -0.2) is 129 Å². The molecule has 0 saturated carbocycles. The van der Waals surface area contributed by atoms with Crippen LogP contribution in [0, 0.1) is 0 Å². The van der Waals surface area contributed by atoms with Crippen molar-refractivity contribution in [2.45, 2.75) is 243 Å². The number of carbonyl (C=O) groups is 4. The third-order valence-corrected chi connectivity index (χ3v) is 10.6. The molecule has 0 spiro atoms. The van der Waals surface area contributed by atoms with Gasteiger partial charge in [-0.05, 0) is 25.7 Å². The first-order chi connectivity index (χ1) is 28.8. The van der Waals surface area contributed by atoms with E-state index >= 15 is 0 Å². The standard InChI is InChI=1S/C44H80O16/c1-5-9-13-17-21-25-33(47)55-30-32-40(57-34(48)26-22-18-14-10-6-2)41(58-35(49)27-23-19-15-11-7-3)42(59-36(50)28-24-20-16-12-8-4)44(56-32)60-43(54)39(53)38(52)37(51)31(46)29-45/h31-32,37-46,51-54H,5-30H2,1-4H3/t31-,32-,37-,38+,39+,40-,41+,42+,43?,44+/m1/s1. The van der Waals surface area contributed by atoms with Crippen LogP contribution in [-0.2, 0) is 47.6 Å². The quantitative estimate of drug-likeness (QED) is 0.0205. The Balaban J connectivity index is 3.64. The highest BCUT2D eigenvalue weighted by molar-refractivity contribution is 5.72. The summed E-state index contributed by atoms with van der Waals surface area (Å²) in [4.78, 5) is 53.4. The fourth-order valence-electron chi connectivity index (χ4n) is 6.82. The zero-order chi connectivity index (χ0) is 44.7. The van der Waals surface area contributed by atoms with Gasteiger partial charge in [-0.3, -0.25) is 19.2 Å². The minimum Gasteiger partial charge on any atom is -0.463 e. The van der Waals surface area contributed by atoms with E-state index in [2.05, 4.69) is 27.7 Å². The average Bonchev–Trinajstić information content (AvgIpc) is 3.23. The molecule has 0 aromatic heterocycles. The zero-order valence-corrected chi connectivity index (χ0v) is 36.9. The van der Waals surface area contributed by atoms with E-state index in [0.717, 1.165) is 103 Å². The lowest BCUT2D eigenvalue weighted by atomic mass is 9.97. The molecule has 0 aromatic carbocycles. The summed E-state index contributed by atoms with van der Waals surface area (Å²) in [6, 6.07) is 0. The first-order valence-electron chi connectivity index (χ1n) is 22.9. The molecule has 1 rings (SSSR count). The van der Waals surface area contributed by atoms with Crippen LogP contribution in [0.4, 0.5) is 0 Å². The monoisotopic (exact) mass is 865 g/mol. The molecule has 16 heteroatoms. The smallest absolute Gasteiger partial charge is 0.306 e. The Labute approximate surface area is 358 Å². The topological polar surface area (TPSA) is 245 Å². The molecule has 1 saturated heterocycles. The summed E-state index contributed by atoms with van der Waals surface area (Å²) >= 11 is 0.